The number of non-ortho nitro benzene ring substituents is 1. The zero-order chi connectivity index (χ0) is 21.8. The van der Waals surface area contributed by atoms with Crippen molar-refractivity contribution in [1.29, 1.82) is 0 Å². The normalized spacial score (nSPS) is 13.7. The summed E-state index contributed by atoms with van der Waals surface area (Å²) in [7, 11) is 0. The van der Waals surface area contributed by atoms with Crippen molar-refractivity contribution in [2.75, 3.05) is 36.4 Å². The highest BCUT2D eigenvalue weighted by Gasteiger charge is 2.24. The molecule has 0 saturated carbocycles. The summed E-state index contributed by atoms with van der Waals surface area (Å²) in [5, 5.41) is 14.1. The van der Waals surface area contributed by atoms with Gasteiger partial charge in [-0.1, -0.05) is 18.2 Å². The Hall–Kier alpha value is -4.01. The van der Waals surface area contributed by atoms with E-state index in [1.807, 2.05) is 43.3 Å². The monoisotopic (exact) mass is 418 g/mol. The van der Waals surface area contributed by atoms with Gasteiger partial charge in [0.2, 0.25) is 5.95 Å². The Morgan fingerprint density at radius 1 is 1.00 bits per heavy atom. The Labute approximate surface area is 179 Å². The molecule has 1 saturated heterocycles. The molecule has 1 aromatic heterocycles. The summed E-state index contributed by atoms with van der Waals surface area (Å²) in [5.74, 6) is 1.21. The second-order valence-electron chi connectivity index (χ2n) is 7.27. The molecule has 0 radical (unpaired) electrons. The molecule has 3 aromatic rings. The Balaban J connectivity index is 1.41. The van der Waals surface area contributed by atoms with Crippen LogP contribution in [0.3, 0.4) is 0 Å². The lowest BCUT2D eigenvalue weighted by Crippen LogP contribution is -2.49. The number of benzene rings is 2. The predicted molar refractivity (Wildman–Crippen MR) is 118 cm³/mol. The van der Waals surface area contributed by atoms with Crippen LogP contribution in [0.1, 0.15) is 16.1 Å². The van der Waals surface area contributed by atoms with E-state index in [9.17, 15) is 14.9 Å². The zero-order valence-electron chi connectivity index (χ0n) is 17.1. The van der Waals surface area contributed by atoms with Gasteiger partial charge in [0.25, 0.3) is 11.6 Å². The topological polar surface area (TPSA) is 105 Å². The minimum absolute atomic E-state index is 0.0297. The first-order valence-electron chi connectivity index (χ1n) is 9.96. The molecule has 0 bridgehead atoms. The standard InChI is InChI=1S/C22H22N6O3/c1-16-15-20(24-18-5-3-2-4-6-18)25-22(23-16)27-13-11-26(12-14-27)21(29)17-7-9-19(10-8-17)28(30)31/h2-10,15H,11-14H2,1H3,(H,23,24,25). The van der Waals surface area contributed by atoms with Crippen molar-refractivity contribution in [1.82, 2.24) is 14.9 Å². The fourth-order valence-electron chi connectivity index (χ4n) is 3.45. The van der Waals surface area contributed by atoms with Crippen LogP contribution in [0.5, 0.6) is 0 Å². The van der Waals surface area contributed by atoms with Gasteiger partial charge in [0.05, 0.1) is 4.92 Å². The van der Waals surface area contributed by atoms with Gasteiger partial charge < -0.3 is 15.1 Å². The van der Waals surface area contributed by atoms with E-state index in [1.54, 1.807) is 4.90 Å². The van der Waals surface area contributed by atoms with Crippen LogP contribution in [0.25, 0.3) is 0 Å². The molecule has 1 N–H and O–H groups in total. The summed E-state index contributed by atoms with van der Waals surface area (Å²) in [6.07, 6.45) is 0. The van der Waals surface area contributed by atoms with Gasteiger partial charge in [0.15, 0.2) is 0 Å². The van der Waals surface area contributed by atoms with Crippen LogP contribution in [0, 0.1) is 17.0 Å². The van der Waals surface area contributed by atoms with Gasteiger partial charge in [-0.15, -0.1) is 0 Å². The minimum Gasteiger partial charge on any atom is -0.340 e. The molecular formula is C22H22N6O3. The molecule has 0 aliphatic carbocycles. The highest BCUT2D eigenvalue weighted by Crippen LogP contribution is 2.20. The van der Waals surface area contributed by atoms with E-state index in [4.69, 9.17) is 0 Å². The zero-order valence-corrected chi connectivity index (χ0v) is 17.1. The van der Waals surface area contributed by atoms with Gasteiger partial charge in [-0.3, -0.25) is 14.9 Å². The lowest BCUT2D eigenvalue weighted by atomic mass is 10.1. The van der Waals surface area contributed by atoms with Crippen LogP contribution in [0.4, 0.5) is 23.1 Å². The third-order valence-corrected chi connectivity index (χ3v) is 5.06. The smallest absolute Gasteiger partial charge is 0.269 e. The van der Waals surface area contributed by atoms with Crippen LogP contribution in [-0.2, 0) is 0 Å². The Bertz CT molecular complexity index is 1080. The molecule has 31 heavy (non-hydrogen) atoms. The Morgan fingerprint density at radius 2 is 1.68 bits per heavy atom. The van der Waals surface area contributed by atoms with Gasteiger partial charge in [-0.05, 0) is 31.2 Å². The first-order chi connectivity index (χ1) is 15.0. The molecule has 1 aliphatic heterocycles. The molecule has 9 nitrogen and oxygen atoms in total. The molecule has 0 unspecified atom stereocenters. The molecule has 4 rings (SSSR count). The predicted octanol–water partition coefficient (Wildman–Crippen LogP) is 3.40. The van der Waals surface area contributed by atoms with Crippen molar-refractivity contribution in [3.05, 3.63) is 82.0 Å². The lowest BCUT2D eigenvalue weighted by Gasteiger charge is -2.35. The molecule has 2 aromatic carbocycles. The fraction of sp³-hybridized carbons (Fsp3) is 0.227. The fourth-order valence-corrected chi connectivity index (χ4v) is 3.45. The van der Waals surface area contributed by atoms with Crippen molar-refractivity contribution in [2.45, 2.75) is 6.92 Å². The number of carbonyl (C=O) groups is 1. The van der Waals surface area contributed by atoms with E-state index >= 15 is 0 Å². The van der Waals surface area contributed by atoms with Crippen molar-refractivity contribution in [2.24, 2.45) is 0 Å². The summed E-state index contributed by atoms with van der Waals surface area (Å²) in [5.41, 5.74) is 2.22. The molecule has 9 heteroatoms. The summed E-state index contributed by atoms with van der Waals surface area (Å²) >= 11 is 0. The van der Waals surface area contributed by atoms with Crippen molar-refractivity contribution in [3.8, 4) is 0 Å². The van der Waals surface area contributed by atoms with Gasteiger partial charge in [0.1, 0.15) is 5.82 Å². The average Bonchev–Trinajstić information content (AvgIpc) is 2.79. The van der Waals surface area contributed by atoms with Crippen molar-refractivity contribution >= 4 is 29.0 Å². The Kier molecular flexibility index (Phi) is 5.74. The minimum atomic E-state index is -0.476. The number of hydrogen-bond donors (Lipinski definition) is 1. The number of nitrogens with one attached hydrogen (secondary N) is 1. The van der Waals surface area contributed by atoms with E-state index in [2.05, 4.69) is 20.2 Å². The molecule has 2 heterocycles. The second-order valence-corrected chi connectivity index (χ2v) is 7.27. The summed E-state index contributed by atoms with van der Waals surface area (Å²) in [6.45, 7) is 4.18. The lowest BCUT2D eigenvalue weighted by molar-refractivity contribution is -0.384. The first-order valence-corrected chi connectivity index (χ1v) is 9.96. The second kappa shape index (κ2) is 8.78. The number of para-hydroxylation sites is 1. The van der Waals surface area contributed by atoms with Gasteiger partial charge in [-0.2, -0.15) is 4.98 Å². The first kappa shape index (κ1) is 20.3. The average molecular weight is 418 g/mol. The number of nitrogens with zero attached hydrogens (tertiary/aromatic N) is 5. The summed E-state index contributed by atoms with van der Waals surface area (Å²) in [6, 6.07) is 17.4. The summed E-state index contributed by atoms with van der Waals surface area (Å²) in [4.78, 5) is 36.1. The van der Waals surface area contributed by atoms with E-state index in [0.717, 1.165) is 17.2 Å². The number of nitro benzene ring substituents is 1. The maximum absolute atomic E-state index is 12.7. The quantitative estimate of drug-likeness (QED) is 0.500. The largest absolute Gasteiger partial charge is 0.340 e. The van der Waals surface area contributed by atoms with Crippen molar-refractivity contribution in [3.63, 3.8) is 0 Å². The number of aryl methyl sites for hydroxylation is 1. The number of piperazine rings is 1. The molecule has 0 atom stereocenters. The molecule has 1 aliphatic rings. The van der Waals surface area contributed by atoms with E-state index < -0.39 is 4.92 Å². The highest BCUT2D eigenvalue weighted by molar-refractivity contribution is 5.94. The number of aromatic nitrogens is 2. The van der Waals surface area contributed by atoms with Crippen LogP contribution < -0.4 is 10.2 Å². The van der Waals surface area contributed by atoms with Crippen LogP contribution in [0.15, 0.2) is 60.7 Å². The van der Waals surface area contributed by atoms with Gasteiger partial charge in [-0.25, -0.2) is 4.98 Å². The third-order valence-electron chi connectivity index (χ3n) is 5.06. The molecule has 0 spiro atoms. The summed E-state index contributed by atoms with van der Waals surface area (Å²) < 4.78 is 0. The van der Waals surface area contributed by atoms with E-state index in [1.165, 1.54) is 24.3 Å². The van der Waals surface area contributed by atoms with Crippen LogP contribution >= 0.6 is 0 Å². The van der Waals surface area contributed by atoms with E-state index in [-0.39, 0.29) is 11.6 Å². The van der Waals surface area contributed by atoms with Crippen molar-refractivity contribution < 1.29 is 9.72 Å². The number of carbonyl (C=O) groups excluding carboxylic acids is 1. The number of amides is 1. The number of rotatable bonds is 5. The van der Waals surface area contributed by atoms with Gasteiger partial charge >= 0.3 is 0 Å². The number of hydrogen-bond acceptors (Lipinski definition) is 7. The maximum Gasteiger partial charge on any atom is 0.269 e. The highest BCUT2D eigenvalue weighted by atomic mass is 16.6. The number of anilines is 3. The molecular weight excluding hydrogens is 396 g/mol. The van der Waals surface area contributed by atoms with Crippen LogP contribution in [-0.4, -0.2) is 51.9 Å². The molecule has 158 valence electrons. The van der Waals surface area contributed by atoms with Crippen LogP contribution in [0.2, 0.25) is 0 Å². The van der Waals surface area contributed by atoms with Gasteiger partial charge in [0, 0.05) is 61.3 Å². The van der Waals surface area contributed by atoms with E-state index in [0.29, 0.717) is 37.7 Å². The molecule has 1 amide bonds. The third kappa shape index (κ3) is 4.77. The Morgan fingerprint density at radius 3 is 2.32 bits per heavy atom. The maximum atomic E-state index is 12.7. The number of nitro groups is 1. The molecule has 1 fully saturated rings. The SMILES string of the molecule is Cc1cc(Nc2ccccc2)nc(N2CCN(C(=O)c3ccc([N+](=O)[O-])cc3)CC2)n1.